The number of amides is 1. The molecule has 0 aliphatic carbocycles. The third-order valence-electron chi connectivity index (χ3n) is 5.84. The number of aryl methyl sites for hydroxylation is 3. The minimum Gasteiger partial charge on any atom is -0.362 e. The van der Waals surface area contributed by atoms with Crippen LogP contribution < -0.4 is 10.6 Å². The van der Waals surface area contributed by atoms with Gasteiger partial charge in [0.05, 0.1) is 17.8 Å². The normalized spacial score (nSPS) is 18.0. The van der Waals surface area contributed by atoms with E-state index in [9.17, 15) is 4.79 Å². The summed E-state index contributed by atoms with van der Waals surface area (Å²) in [6.45, 7) is 6.66. The fourth-order valence-corrected chi connectivity index (χ4v) is 5.42. The van der Waals surface area contributed by atoms with Crippen molar-refractivity contribution in [1.29, 1.82) is 0 Å². The summed E-state index contributed by atoms with van der Waals surface area (Å²) in [6, 6.07) is 13.6. The molecule has 1 saturated heterocycles. The number of halogens is 1. The van der Waals surface area contributed by atoms with Gasteiger partial charge in [0.1, 0.15) is 0 Å². The van der Waals surface area contributed by atoms with E-state index in [0.717, 1.165) is 28.3 Å². The number of pyridine rings is 1. The van der Waals surface area contributed by atoms with Crippen LogP contribution in [0, 0.1) is 24.3 Å². The number of thiocarbonyl (C=S) groups is 1. The molecule has 4 rings (SSSR count). The lowest BCUT2D eigenvalue weighted by Gasteiger charge is -2.28. The van der Waals surface area contributed by atoms with E-state index in [1.807, 2.05) is 49.4 Å². The number of carbonyl (C=O) groups excluding carboxylic acids is 1. The fourth-order valence-electron chi connectivity index (χ4n) is 4.23. The van der Waals surface area contributed by atoms with E-state index in [1.54, 1.807) is 6.20 Å². The van der Waals surface area contributed by atoms with Gasteiger partial charge in [0, 0.05) is 45.4 Å². The van der Waals surface area contributed by atoms with Crippen LogP contribution >= 0.6 is 34.8 Å². The van der Waals surface area contributed by atoms with E-state index >= 15 is 0 Å². The molecule has 166 valence electrons. The van der Waals surface area contributed by atoms with Gasteiger partial charge in [-0.15, -0.1) is 0 Å². The monoisotopic (exact) mass is 559 g/mol. The summed E-state index contributed by atoms with van der Waals surface area (Å²) in [5, 5.41) is 7.13. The van der Waals surface area contributed by atoms with Crippen molar-refractivity contribution in [3.05, 3.63) is 80.4 Å². The third-order valence-corrected chi connectivity index (χ3v) is 7.58. The molecule has 3 N–H and O–H groups in total. The molecular weight excluding hydrogens is 533 g/mol. The lowest BCUT2D eigenvalue weighted by molar-refractivity contribution is -0.116. The number of para-hydroxylation sites is 1. The van der Waals surface area contributed by atoms with E-state index in [1.165, 1.54) is 9.13 Å². The smallest absolute Gasteiger partial charge is 0.226 e. The van der Waals surface area contributed by atoms with Crippen LogP contribution in [0.2, 0.25) is 0 Å². The molecule has 0 saturated carbocycles. The number of aromatic amines is 1. The highest BCUT2D eigenvalue weighted by Gasteiger charge is 2.42. The number of hydrogen-bond acceptors (Lipinski definition) is 3. The van der Waals surface area contributed by atoms with Crippen molar-refractivity contribution in [2.75, 3.05) is 11.9 Å². The van der Waals surface area contributed by atoms with Gasteiger partial charge >= 0.3 is 0 Å². The van der Waals surface area contributed by atoms with E-state index in [-0.39, 0.29) is 18.0 Å². The molecule has 0 spiro atoms. The van der Waals surface area contributed by atoms with Gasteiger partial charge in [-0.3, -0.25) is 9.78 Å². The highest BCUT2D eigenvalue weighted by Crippen LogP contribution is 2.42. The fraction of sp³-hybridized carbons (Fsp3) is 0.292. The second kappa shape index (κ2) is 9.58. The Labute approximate surface area is 207 Å². The first-order valence-electron chi connectivity index (χ1n) is 10.5. The molecule has 6 nitrogen and oxygen atoms in total. The van der Waals surface area contributed by atoms with Crippen LogP contribution in [0.25, 0.3) is 0 Å². The first-order valence-corrected chi connectivity index (χ1v) is 12.0. The molecular formula is C24H26IN5OS. The quantitative estimate of drug-likeness (QED) is 0.295. The van der Waals surface area contributed by atoms with E-state index in [2.05, 4.69) is 61.9 Å². The number of H-pyrrole nitrogens is 1. The topological polar surface area (TPSA) is 73.1 Å². The van der Waals surface area contributed by atoms with Crippen molar-refractivity contribution in [2.24, 2.45) is 0 Å². The van der Waals surface area contributed by atoms with E-state index in [0.29, 0.717) is 18.1 Å². The zero-order valence-electron chi connectivity index (χ0n) is 18.3. The molecule has 3 aromatic rings. The molecule has 1 aliphatic rings. The number of anilines is 1. The number of benzene rings is 1. The molecule has 0 unspecified atom stereocenters. The van der Waals surface area contributed by atoms with Crippen molar-refractivity contribution >= 4 is 51.5 Å². The zero-order valence-corrected chi connectivity index (χ0v) is 21.3. The predicted octanol–water partition coefficient (Wildman–Crippen LogP) is 4.94. The highest BCUT2D eigenvalue weighted by molar-refractivity contribution is 14.1. The number of nitrogens with zero attached hydrogens (tertiary/aromatic N) is 2. The molecule has 2 aromatic heterocycles. The van der Waals surface area contributed by atoms with Crippen molar-refractivity contribution in [3.8, 4) is 0 Å². The number of nitrogens with one attached hydrogen (secondary N) is 3. The van der Waals surface area contributed by atoms with Crippen molar-refractivity contribution in [2.45, 2.75) is 39.3 Å². The maximum absolute atomic E-state index is 12.7. The molecule has 32 heavy (non-hydrogen) atoms. The molecule has 1 aromatic carbocycles. The van der Waals surface area contributed by atoms with Crippen LogP contribution in [0.1, 0.15) is 46.7 Å². The van der Waals surface area contributed by atoms with Crippen LogP contribution in [0.4, 0.5) is 5.69 Å². The summed E-state index contributed by atoms with van der Waals surface area (Å²) in [4.78, 5) is 22.9. The first-order chi connectivity index (χ1) is 15.4. The molecule has 3 heterocycles. The standard InChI is InChI=1S/C24H26IN5OS/c1-14-8-4-5-9-17(14)28-19(31)11-13-30-23(20-15(2)27-16(3)21(20)25)22(29-24(30)32)18-10-6-7-12-26-18/h4-10,12,22-23,27H,11,13H2,1-3H3,(H,28,31)(H,29,32)/t22-,23-/m1/s1. The third kappa shape index (κ3) is 4.52. The van der Waals surface area contributed by atoms with Crippen LogP contribution in [-0.2, 0) is 4.79 Å². The largest absolute Gasteiger partial charge is 0.362 e. The molecule has 8 heteroatoms. The minimum absolute atomic E-state index is 0.0289. The van der Waals surface area contributed by atoms with E-state index in [4.69, 9.17) is 12.2 Å². The van der Waals surface area contributed by atoms with Gasteiger partial charge in [-0.2, -0.15) is 0 Å². The van der Waals surface area contributed by atoms with Crippen LogP contribution in [0.5, 0.6) is 0 Å². The Morgan fingerprint density at radius 1 is 1.16 bits per heavy atom. The minimum atomic E-state index is -0.0921. The Kier molecular flexibility index (Phi) is 6.80. The molecule has 2 atom stereocenters. The van der Waals surface area contributed by atoms with Crippen LogP contribution in [0.15, 0.2) is 48.7 Å². The average molecular weight is 559 g/mol. The maximum atomic E-state index is 12.7. The highest BCUT2D eigenvalue weighted by atomic mass is 127. The molecule has 0 radical (unpaired) electrons. The summed E-state index contributed by atoms with van der Waals surface area (Å²) in [6.07, 6.45) is 2.14. The van der Waals surface area contributed by atoms with Gasteiger partial charge in [-0.25, -0.2) is 0 Å². The van der Waals surface area contributed by atoms with Gasteiger partial charge < -0.3 is 20.5 Å². The number of rotatable bonds is 6. The summed E-state index contributed by atoms with van der Waals surface area (Å²) in [5.74, 6) is -0.0289. The molecule has 1 aliphatic heterocycles. The second-order valence-corrected chi connectivity index (χ2v) is 9.50. The van der Waals surface area contributed by atoms with Gasteiger partial charge in [0.25, 0.3) is 0 Å². The first kappa shape index (κ1) is 22.7. The summed E-state index contributed by atoms with van der Waals surface area (Å²) in [5.41, 5.74) is 6.26. The van der Waals surface area contributed by atoms with Crippen LogP contribution in [0.3, 0.4) is 0 Å². The van der Waals surface area contributed by atoms with Gasteiger partial charge in [-0.05, 0) is 79.3 Å². The summed E-state index contributed by atoms with van der Waals surface area (Å²) >= 11 is 8.13. The summed E-state index contributed by atoms with van der Waals surface area (Å²) in [7, 11) is 0. The van der Waals surface area contributed by atoms with Crippen molar-refractivity contribution < 1.29 is 4.79 Å². The Hall–Kier alpha value is -2.46. The Bertz CT molecular complexity index is 1150. The second-order valence-electron chi connectivity index (χ2n) is 8.04. The zero-order chi connectivity index (χ0) is 22.8. The van der Waals surface area contributed by atoms with Crippen LogP contribution in [-0.4, -0.2) is 32.4 Å². The SMILES string of the molecule is Cc1ccccc1NC(=O)CCN1C(=S)N[C@H](c2ccccn2)[C@H]1c1c(C)[nH]c(C)c1I. The van der Waals surface area contributed by atoms with Crippen molar-refractivity contribution in [3.63, 3.8) is 0 Å². The maximum Gasteiger partial charge on any atom is 0.226 e. The summed E-state index contributed by atoms with van der Waals surface area (Å²) < 4.78 is 1.19. The predicted molar refractivity (Wildman–Crippen MR) is 140 cm³/mol. The Morgan fingerprint density at radius 3 is 2.56 bits per heavy atom. The van der Waals surface area contributed by atoms with Gasteiger partial charge in [0.2, 0.25) is 5.91 Å². The lowest BCUT2D eigenvalue weighted by atomic mass is 9.96. The van der Waals surface area contributed by atoms with Gasteiger partial charge in [0.15, 0.2) is 5.11 Å². The Balaban J connectivity index is 1.60. The molecule has 1 fully saturated rings. The molecule has 1 amide bonds. The number of aromatic nitrogens is 2. The number of hydrogen-bond donors (Lipinski definition) is 3. The number of carbonyl (C=O) groups is 1. The van der Waals surface area contributed by atoms with Crippen molar-refractivity contribution in [1.82, 2.24) is 20.2 Å². The lowest BCUT2D eigenvalue weighted by Crippen LogP contribution is -2.33. The Morgan fingerprint density at radius 2 is 1.91 bits per heavy atom. The van der Waals surface area contributed by atoms with E-state index < -0.39 is 0 Å². The molecule has 0 bridgehead atoms. The average Bonchev–Trinajstić information content (AvgIpc) is 3.23. The van der Waals surface area contributed by atoms with Gasteiger partial charge in [-0.1, -0.05) is 24.3 Å².